The lowest BCUT2D eigenvalue weighted by Gasteiger charge is -2.14. The monoisotopic (exact) mass is 319 g/mol. The van der Waals surface area contributed by atoms with E-state index in [0.29, 0.717) is 11.5 Å². The first-order valence-electron chi connectivity index (χ1n) is 6.77. The largest absolute Gasteiger partial charge is 0.289 e. The average molecular weight is 319 g/mol. The molecule has 0 bridgehead atoms. The highest BCUT2D eigenvalue weighted by Gasteiger charge is 2.18. The van der Waals surface area contributed by atoms with Crippen LogP contribution in [0, 0.1) is 0 Å². The van der Waals surface area contributed by atoms with Crippen LogP contribution in [0.25, 0.3) is 17.0 Å². The van der Waals surface area contributed by atoms with Gasteiger partial charge in [0.1, 0.15) is 0 Å². The molecule has 0 fully saturated rings. The van der Waals surface area contributed by atoms with E-state index in [1.807, 2.05) is 12.1 Å². The van der Waals surface area contributed by atoms with Crippen LogP contribution in [0.3, 0.4) is 0 Å². The number of aromatic amines is 1. The van der Waals surface area contributed by atoms with Gasteiger partial charge in [0.15, 0.2) is 11.5 Å². The van der Waals surface area contributed by atoms with Gasteiger partial charge in [-0.1, -0.05) is 32.9 Å². The molecule has 3 aromatic rings. The summed E-state index contributed by atoms with van der Waals surface area (Å²) < 4.78 is 23.8. The number of hydrogen-bond donors (Lipinski definition) is 3. The highest BCUT2D eigenvalue weighted by molar-refractivity contribution is 7.80. The maximum absolute atomic E-state index is 10.8. The normalized spacial score (nSPS) is 13.5. The topological polar surface area (TPSA) is 95.3 Å². The Hall–Kier alpha value is -2.19. The number of nitrogens with one attached hydrogen (secondary N) is 2. The van der Waals surface area contributed by atoms with E-state index in [2.05, 4.69) is 40.7 Å². The third-order valence-electron chi connectivity index (χ3n) is 3.27. The number of fused-ring (bicyclic) bond motifs is 1. The van der Waals surface area contributed by atoms with Gasteiger partial charge in [0.2, 0.25) is 0 Å². The number of aromatic nitrogens is 4. The summed E-state index contributed by atoms with van der Waals surface area (Å²) in [6.07, 6.45) is 0. The van der Waals surface area contributed by atoms with Gasteiger partial charge in [-0.15, -0.1) is 5.10 Å². The van der Waals surface area contributed by atoms with E-state index in [9.17, 15) is 4.21 Å². The smallest absolute Gasteiger partial charge is 0.259 e. The molecule has 0 saturated carbocycles. The third kappa shape index (κ3) is 2.88. The fourth-order valence-corrected chi connectivity index (χ4v) is 2.43. The minimum absolute atomic E-state index is 0.00241. The maximum Gasteiger partial charge on any atom is 0.259 e. The van der Waals surface area contributed by atoms with E-state index >= 15 is 0 Å². The summed E-state index contributed by atoms with van der Waals surface area (Å²) in [7, 11) is 0. The minimum Gasteiger partial charge on any atom is -0.289 e. The van der Waals surface area contributed by atoms with E-state index in [-0.39, 0.29) is 5.41 Å². The Morgan fingerprint density at radius 2 is 2.09 bits per heavy atom. The van der Waals surface area contributed by atoms with Crippen LogP contribution in [0.2, 0.25) is 0 Å². The second-order valence-electron chi connectivity index (χ2n) is 6.06. The first-order valence-corrected chi connectivity index (χ1v) is 7.88. The van der Waals surface area contributed by atoms with Gasteiger partial charge in [-0.05, 0) is 12.1 Å². The fraction of sp³-hybridized carbons (Fsp3) is 0.286. The first kappa shape index (κ1) is 14.7. The van der Waals surface area contributed by atoms with Crippen molar-refractivity contribution < 1.29 is 8.76 Å². The van der Waals surface area contributed by atoms with Gasteiger partial charge in [-0.3, -0.25) is 14.4 Å². The van der Waals surface area contributed by atoms with Crippen molar-refractivity contribution in [2.45, 2.75) is 26.2 Å². The molecule has 0 amide bonds. The number of rotatable bonds is 3. The molecule has 0 spiro atoms. The SMILES string of the molecule is CC(C)(C)c1cc2nc(-c3cccc(NS(=O)O)c3)nn2[nH]1. The molecule has 0 radical (unpaired) electrons. The first-order chi connectivity index (χ1) is 10.3. The lowest BCUT2D eigenvalue weighted by Crippen LogP contribution is -2.12. The van der Waals surface area contributed by atoms with Crippen LogP contribution in [0.4, 0.5) is 5.69 Å². The maximum atomic E-state index is 10.8. The number of anilines is 1. The summed E-state index contributed by atoms with van der Waals surface area (Å²) >= 11 is -2.10. The van der Waals surface area contributed by atoms with Crippen LogP contribution in [0.15, 0.2) is 30.3 Å². The van der Waals surface area contributed by atoms with Crippen molar-refractivity contribution in [3.63, 3.8) is 0 Å². The third-order valence-corrected chi connectivity index (χ3v) is 3.68. The summed E-state index contributed by atoms with van der Waals surface area (Å²) in [5, 5.41) is 7.63. The molecule has 0 aliphatic rings. The highest BCUT2D eigenvalue weighted by Crippen LogP contribution is 2.24. The van der Waals surface area contributed by atoms with Crippen LogP contribution in [-0.4, -0.2) is 28.6 Å². The van der Waals surface area contributed by atoms with Crippen LogP contribution in [0.5, 0.6) is 0 Å². The Balaban J connectivity index is 1.97. The van der Waals surface area contributed by atoms with Crippen molar-refractivity contribution in [3.05, 3.63) is 36.0 Å². The predicted molar refractivity (Wildman–Crippen MR) is 85.9 cm³/mol. The van der Waals surface area contributed by atoms with Crippen LogP contribution >= 0.6 is 0 Å². The molecule has 3 N–H and O–H groups in total. The summed E-state index contributed by atoms with van der Waals surface area (Å²) in [6, 6.07) is 9.04. The van der Waals surface area contributed by atoms with Gasteiger partial charge in [0.05, 0.1) is 0 Å². The fourth-order valence-electron chi connectivity index (χ4n) is 2.10. The molecular formula is C14H17N5O2S. The van der Waals surface area contributed by atoms with Crippen molar-refractivity contribution in [1.82, 2.24) is 19.8 Å². The van der Waals surface area contributed by atoms with Crippen molar-refractivity contribution in [3.8, 4) is 11.4 Å². The number of hydrogen-bond acceptors (Lipinski definition) is 3. The Bertz CT molecular complexity index is 815. The predicted octanol–water partition coefficient (Wildman–Crippen LogP) is 2.57. The van der Waals surface area contributed by atoms with Crippen molar-refractivity contribution in [1.29, 1.82) is 0 Å². The zero-order valence-corrected chi connectivity index (χ0v) is 13.3. The zero-order chi connectivity index (χ0) is 15.9. The van der Waals surface area contributed by atoms with Crippen LogP contribution in [0.1, 0.15) is 26.5 Å². The summed E-state index contributed by atoms with van der Waals surface area (Å²) in [4.78, 5) is 4.49. The van der Waals surface area contributed by atoms with E-state index in [1.54, 1.807) is 22.8 Å². The average Bonchev–Trinajstić information content (AvgIpc) is 2.95. The number of nitrogens with zero attached hydrogens (tertiary/aromatic N) is 3. The van der Waals surface area contributed by atoms with Crippen LogP contribution in [-0.2, 0) is 16.7 Å². The number of benzene rings is 1. The molecule has 2 heterocycles. The standard InChI is InChI=1S/C14H17N5O2S/c1-14(2,3)11-8-12-15-13(17-19(12)16-11)9-5-4-6-10(7-9)18-22(20)21/h4-8,16,18H,1-3H3,(H,20,21). The molecule has 0 aliphatic heterocycles. The Kier molecular flexibility index (Phi) is 3.50. The molecule has 7 nitrogen and oxygen atoms in total. The van der Waals surface area contributed by atoms with E-state index < -0.39 is 11.3 Å². The highest BCUT2D eigenvalue weighted by atomic mass is 32.2. The summed E-state index contributed by atoms with van der Waals surface area (Å²) in [5.41, 5.74) is 3.10. The van der Waals surface area contributed by atoms with Crippen molar-refractivity contribution in [2.24, 2.45) is 0 Å². The van der Waals surface area contributed by atoms with E-state index in [4.69, 9.17) is 4.55 Å². The molecule has 22 heavy (non-hydrogen) atoms. The molecule has 0 saturated heterocycles. The second kappa shape index (κ2) is 5.22. The molecular weight excluding hydrogens is 302 g/mol. The molecule has 1 unspecified atom stereocenters. The van der Waals surface area contributed by atoms with Crippen molar-refractivity contribution in [2.75, 3.05) is 4.72 Å². The summed E-state index contributed by atoms with van der Waals surface area (Å²) in [6.45, 7) is 6.34. The lowest BCUT2D eigenvalue weighted by atomic mass is 9.93. The summed E-state index contributed by atoms with van der Waals surface area (Å²) in [5.74, 6) is 0.555. The molecule has 8 heteroatoms. The second-order valence-corrected chi connectivity index (χ2v) is 6.76. The molecule has 1 aromatic carbocycles. The van der Waals surface area contributed by atoms with E-state index in [1.165, 1.54) is 0 Å². The Labute approximate surface area is 130 Å². The van der Waals surface area contributed by atoms with Gasteiger partial charge in [-0.25, -0.2) is 9.19 Å². The lowest BCUT2D eigenvalue weighted by molar-refractivity contribution is 0.557. The molecule has 116 valence electrons. The molecule has 0 aliphatic carbocycles. The minimum atomic E-state index is -2.10. The molecule has 2 aromatic heterocycles. The molecule has 3 rings (SSSR count). The zero-order valence-electron chi connectivity index (χ0n) is 12.5. The number of H-pyrrole nitrogens is 1. The van der Waals surface area contributed by atoms with Crippen LogP contribution < -0.4 is 4.72 Å². The van der Waals surface area contributed by atoms with E-state index in [0.717, 1.165) is 16.9 Å². The van der Waals surface area contributed by atoms with Gasteiger partial charge in [-0.2, -0.15) is 4.63 Å². The van der Waals surface area contributed by atoms with Gasteiger partial charge >= 0.3 is 0 Å². The Morgan fingerprint density at radius 1 is 1.32 bits per heavy atom. The van der Waals surface area contributed by atoms with Crippen molar-refractivity contribution >= 4 is 22.6 Å². The van der Waals surface area contributed by atoms with Gasteiger partial charge < -0.3 is 0 Å². The van der Waals surface area contributed by atoms with Gasteiger partial charge in [0, 0.05) is 28.4 Å². The van der Waals surface area contributed by atoms with Gasteiger partial charge in [0.25, 0.3) is 11.3 Å². The Morgan fingerprint density at radius 3 is 2.73 bits per heavy atom. The molecule has 1 atom stereocenters. The quantitative estimate of drug-likeness (QED) is 0.647.